The second-order valence-corrected chi connectivity index (χ2v) is 8.72. The fourth-order valence-electron chi connectivity index (χ4n) is 5.00. The van der Waals surface area contributed by atoms with Crippen LogP contribution in [0.15, 0.2) is 60.7 Å². The molecule has 4 rings (SSSR count). The molecule has 0 unspecified atom stereocenters. The predicted molar refractivity (Wildman–Crippen MR) is 118 cm³/mol. The third-order valence-corrected chi connectivity index (χ3v) is 6.82. The Kier molecular flexibility index (Phi) is 5.91. The fourth-order valence-corrected chi connectivity index (χ4v) is 5.00. The van der Waals surface area contributed by atoms with Crippen molar-refractivity contribution in [2.24, 2.45) is 5.92 Å². The number of nitrogens with zero attached hydrogens (tertiary/aromatic N) is 2. The van der Waals surface area contributed by atoms with Crippen molar-refractivity contribution >= 4 is 11.9 Å². The average molecular weight is 406 g/mol. The second-order valence-electron chi connectivity index (χ2n) is 8.72. The predicted octanol–water partition coefficient (Wildman–Crippen LogP) is 4.56. The Morgan fingerprint density at radius 2 is 1.53 bits per heavy atom. The van der Waals surface area contributed by atoms with E-state index in [1.54, 1.807) is 0 Å². The molecule has 1 saturated heterocycles. The molecule has 1 heterocycles. The molecule has 0 atom stereocenters. The Morgan fingerprint density at radius 3 is 2.03 bits per heavy atom. The third kappa shape index (κ3) is 3.86. The summed E-state index contributed by atoms with van der Waals surface area (Å²) in [6.07, 6.45) is 4.64. The quantitative estimate of drug-likeness (QED) is 0.717. The molecule has 0 aromatic heterocycles. The molecule has 0 bridgehead atoms. The number of rotatable bonds is 6. The molecule has 3 amide bonds. The lowest BCUT2D eigenvalue weighted by molar-refractivity contribution is -0.134. The number of hydrogen-bond donors (Lipinski definition) is 1. The molecule has 30 heavy (non-hydrogen) atoms. The molecule has 2 aromatic carbocycles. The van der Waals surface area contributed by atoms with Gasteiger partial charge in [0.15, 0.2) is 0 Å². The minimum Gasteiger partial charge on any atom is -0.323 e. The van der Waals surface area contributed by atoms with Gasteiger partial charge >= 0.3 is 6.03 Å². The first-order valence-electron chi connectivity index (χ1n) is 11.0. The molecular weight excluding hydrogens is 374 g/mol. The lowest BCUT2D eigenvalue weighted by atomic mass is 9.75. The van der Waals surface area contributed by atoms with E-state index in [2.05, 4.69) is 41.4 Å². The summed E-state index contributed by atoms with van der Waals surface area (Å²) in [6.45, 7) is 2.46. The van der Waals surface area contributed by atoms with Gasteiger partial charge in [0.1, 0.15) is 5.54 Å². The lowest BCUT2D eigenvalue weighted by Crippen LogP contribution is -2.50. The number of nitrogens with one attached hydrogen (secondary N) is 1. The van der Waals surface area contributed by atoms with Gasteiger partial charge in [0, 0.05) is 0 Å². The van der Waals surface area contributed by atoms with Crippen LogP contribution in [-0.2, 0) is 4.79 Å². The fraction of sp³-hybridized carbons (Fsp3) is 0.440. The molecule has 2 fully saturated rings. The summed E-state index contributed by atoms with van der Waals surface area (Å²) in [6, 6.07) is 20.1. The zero-order chi connectivity index (χ0) is 21.1. The maximum Gasteiger partial charge on any atom is 0.326 e. The van der Waals surface area contributed by atoms with Gasteiger partial charge in [-0.15, -0.1) is 0 Å². The van der Waals surface area contributed by atoms with Crippen molar-refractivity contribution in [3.05, 3.63) is 71.8 Å². The van der Waals surface area contributed by atoms with Crippen molar-refractivity contribution in [2.75, 3.05) is 13.7 Å². The highest BCUT2D eigenvalue weighted by atomic mass is 16.2. The summed E-state index contributed by atoms with van der Waals surface area (Å²) in [5, 5.41) is 3.05. The first kappa shape index (κ1) is 20.6. The molecule has 158 valence electrons. The zero-order valence-electron chi connectivity index (χ0n) is 17.9. The first-order chi connectivity index (χ1) is 14.5. The summed E-state index contributed by atoms with van der Waals surface area (Å²) in [4.78, 5) is 29.6. The normalized spacial score (nSPS) is 24.1. The van der Waals surface area contributed by atoms with Gasteiger partial charge in [0.05, 0.1) is 12.7 Å². The van der Waals surface area contributed by atoms with E-state index < -0.39 is 5.54 Å². The van der Waals surface area contributed by atoms with E-state index in [0.29, 0.717) is 5.92 Å². The lowest BCUT2D eigenvalue weighted by Gasteiger charge is -2.35. The van der Waals surface area contributed by atoms with E-state index >= 15 is 0 Å². The number of carbonyl (C=O) groups excluding carboxylic acids is 2. The molecule has 0 radical (unpaired) electrons. The third-order valence-electron chi connectivity index (χ3n) is 6.82. The van der Waals surface area contributed by atoms with Crippen molar-refractivity contribution < 1.29 is 9.59 Å². The highest BCUT2D eigenvalue weighted by molar-refractivity contribution is 6.07. The Labute approximate surface area is 179 Å². The molecular formula is C25H31N3O2. The Bertz CT molecular complexity index is 836. The standard InChI is InChI=1S/C25H31N3O2/c1-3-19-14-16-25(17-15-19)23(29)28(24(30)26-25)18-27(2)22(20-10-6-4-7-11-20)21-12-8-5-9-13-21/h4-13,19,22H,3,14-18H2,1-2H3,(H,26,30). The summed E-state index contributed by atoms with van der Waals surface area (Å²) in [5.41, 5.74) is 1.58. The minimum atomic E-state index is -0.696. The second kappa shape index (κ2) is 8.60. The summed E-state index contributed by atoms with van der Waals surface area (Å²) < 4.78 is 0. The number of benzene rings is 2. The van der Waals surface area contributed by atoms with Crippen molar-refractivity contribution in [2.45, 2.75) is 50.6 Å². The van der Waals surface area contributed by atoms with E-state index in [4.69, 9.17) is 0 Å². The Hall–Kier alpha value is -2.66. The topological polar surface area (TPSA) is 52.7 Å². The van der Waals surface area contributed by atoms with Gasteiger partial charge in [0.2, 0.25) is 0 Å². The SMILES string of the molecule is CCC1CCC2(CC1)NC(=O)N(CN(C)C(c1ccccc1)c1ccccc1)C2=O. The molecule has 5 nitrogen and oxygen atoms in total. The van der Waals surface area contributed by atoms with Crippen molar-refractivity contribution in [3.63, 3.8) is 0 Å². The number of carbonyl (C=O) groups is 2. The molecule has 1 aliphatic carbocycles. The minimum absolute atomic E-state index is 0.0413. The van der Waals surface area contributed by atoms with Crippen LogP contribution in [0.5, 0.6) is 0 Å². The monoisotopic (exact) mass is 405 g/mol. The van der Waals surface area contributed by atoms with E-state index in [1.165, 1.54) is 4.90 Å². The van der Waals surface area contributed by atoms with Crippen LogP contribution >= 0.6 is 0 Å². The summed E-state index contributed by atoms with van der Waals surface area (Å²) in [5.74, 6) is 0.603. The number of imide groups is 1. The Morgan fingerprint density at radius 1 is 1.00 bits per heavy atom. The van der Waals surface area contributed by atoms with E-state index in [1.807, 2.05) is 43.4 Å². The molecule has 5 heteroatoms. The van der Waals surface area contributed by atoms with Gasteiger partial charge in [-0.25, -0.2) is 9.69 Å². The van der Waals surface area contributed by atoms with Crippen LogP contribution < -0.4 is 5.32 Å². The van der Waals surface area contributed by atoms with Crippen LogP contribution in [-0.4, -0.2) is 41.0 Å². The van der Waals surface area contributed by atoms with Crippen LogP contribution in [0.25, 0.3) is 0 Å². The van der Waals surface area contributed by atoms with Crippen LogP contribution in [0, 0.1) is 5.92 Å². The first-order valence-corrected chi connectivity index (χ1v) is 11.0. The number of amides is 3. The molecule has 1 N–H and O–H groups in total. The maximum absolute atomic E-state index is 13.3. The molecule has 1 aliphatic heterocycles. The van der Waals surface area contributed by atoms with Crippen molar-refractivity contribution in [1.29, 1.82) is 0 Å². The van der Waals surface area contributed by atoms with E-state index in [9.17, 15) is 9.59 Å². The Balaban J connectivity index is 1.55. The smallest absolute Gasteiger partial charge is 0.323 e. The van der Waals surface area contributed by atoms with Gasteiger partial charge in [-0.3, -0.25) is 9.69 Å². The molecule has 2 aromatic rings. The van der Waals surface area contributed by atoms with Gasteiger partial charge < -0.3 is 5.32 Å². The molecule has 1 saturated carbocycles. The van der Waals surface area contributed by atoms with E-state index in [0.717, 1.165) is 43.2 Å². The van der Waals surface area contributed by atoms with Gasteiger partial charge in [0.25, 0.3) is 5.91 Å². The highest BCUT2D eigenvalue weighted by Crippen LogP contribution is 2.38. The van der Waals surface area contributed by atoms with Crippen LogP contribution in [0.2, 0.25) is 0 Å². The molecule has 1 spiro atoms. The van der Waals surface area contributed by atoms with Crippen LogP contribution in [0.4, 0.5) is 4.79 Å². The highest BCUT2D eigenvalue weighted by Gasteiger charge is 2.52. The average Bonchev–Trinajstić information content (AvgIpc) is 3.00. The molecule has 2 aliphatic rings. The van der Waals surface area contributed by atoms with Gasteiger partial charge in [-0.1, -0.05) is 74.0 Å². The van der Waals surface area contributed by atoms with Crippen molar-refractivity contribution in [3.8, 4) is 0 Å². The largest absolute Gasteiger partial charge is 0.326 e. The number of urea groups is 1. The van der Waals surface area contributed by atoms with Crippen LogP contribution in [0.1, 0.15) is 56.2 Å². The van der Waals surface area contributed by atoms with E-state index in [-0.39, 0.29) is 24.6 Å². The van der Waals surface area contributed by atoms with Crippen molar-refractivity contribution in [1.82, 2.24) is 15.1 Å². The van der Waals surface area contributed by atoms with Gasteiger partial charge in [-0.05, 0) is 49.8 Å². The summed E-state index contributed by atoms with van der Waals surface area (Å²) in [7, 11) is 1.98. The van der Waals surface area contributed by atoms with Gasteiger partial charge in [-0.2, -0.15) is 0 Å². The maximum atomic E-state index is 13.3. The number of hydrogen-bond acceptors (Lipinski definition) is 3. The summed E-state index contributed by atoms with van der Waals surface area (Å²) >= 11 is 0. The van der Waals surface area contributed by atoms with Crippen LogP contribution in [0.3, 0.4) is 0 Å². The zero-order valence-corrected chi connectivity index (χ0v) is 17.9.